The van der Waals surface area contributed by atoms with Crippen LogP contribution < -0.4 is 4.74 Å². The summed E-state index contributed by atoms with van der Waals surface area (Å²) in [7, 11) is 0. The smallest absolute Gasteiger partial charge is 0.344 e. The van der Waals surface area contributed by atoms with Crippen LogP contribution in [0.3, 0.4) is 0 Å². The molecule has 68 valence electrons. The number of hydrogen-bond donors (Lipinski definition) is 2. The molecule has 1 unspecified atom stereocenters. The molecule has 0 amide bonds. The maximum Gasteiger partial charge on any atom is 0.344 e. The summed E-state index contributed by atoms with van der Waals surface area (Å²) in [6.07, 6.45) is 0. The van der Waals surface area contributed by atoms with Crippen molar-refractivity contribution in [1.82, 2.24) is 0 Å². The van der Waals surface area contributed by atoms with Crippen molar-refractivity contribution in [2.45, 2.75) is 5.60 Å². The third kappa shape index (κ3) is 0.990. The van der Waals surface area contributed by atoms with E-state index in [0.717, 1.165) is 0 Å². The maximum absolute atomic E-state index is 10.8. The summed E-state index contributed by atoms with van der Waals surface area (Å²) in [5.74, 6) is -0.843. The molecule has 0 spiro atoms. The minimum absolute atomic E-state index is 0.221. The number of carboxylic acids is 1. The first kappa shape index (κ1) is 8.07. The molecule has 1 aromatic carbocycles. The molecule has 1 aromatic rings. The number of aliphatic carboxylic acids is 1. The first-order chi connectivity index (χ1) is 6.14. The maximum atomic E-state index is 10.8. The molecule has 4 heteroatoms. The van der Waals surface area contributed by atoms with E-state index < -0.39 is 11.6 Å². The summed E-state index contributed by atoms with van der Waals surface area (Å²) in [5.41, 5.74) is -1.56. The molecular weight excluding hydrogens is 172 g/mol. The largest absolute Gasteiger partial charge is 0.489 e. The van der Waals surface area contributed by atoms with Crippen molar-refractivity contribution in [3.8, 4) is 5.75 Å². The number of ether oxygens (including phenoxy) is 1. The van der Waals surface area contributed by atoms with Crippen LogP contribution in [-0.2, 0) is 10.4 Å². The molecule has 2 N–H and O–H groups in total. The Morgan fingerprint density at radius 2 is 2.15 bits per heavy atom. The summed E-state index contributed by atoms with van der Waals surface area (Å²) in [6.45, 7) is -0.221. The van der Waals surface area contributed by atoms with Gasteiger partial charge in [0.05, 0.1) is 0 Å². The molecule has 0 aromatic heterocycles. The van der Waals surface area contributed by atoms with Crippen molar-refractivity contribution in [1.29, 1.82) is 0 Å². The Balaban J connectivity index is 2.55. The molecule has 1 aliphatic rings. The number of benzene rings is 1. The van der Waals surface area contributed by atoms with Gasteiger partial charge in [-0.15, -0.1) is 0 Å². The minimum Gasteiger partial charge on any atom is -0.489 e. The fourth-order valence-corrected chi connectivity index (χ4v) is 1.37. The molecule has 0 radical (unpaired) electrons. The number of fused-ring (bicyclic) bond motifs is 1. The van der Waals surface area contributed by atoms with Crippen LogP contribution in [0, 0.1) is 0 Å². The zero-order valence-electron chi connectivity index (χ0n) is 6.73. The molecule has 1 aliphatic heterocycles. The van der Waals surface area contributed by atoms with Gasteiger partial charge in [-0.05, 0) is 6.07 Å². The van der Waals surface area contributed by atoms with Gasteiger partial charge in [-0.3, -0.25) is 0 Å². The molecule has 1 heterocycles. The van der Waals surface area contributed by atoms with E-state index in [9.17, 15) is 9.90 Å². The summed E-state index contributed by atoms with van der Waals surface area (Å²) < 4.78 is 5.04. The Kier molecular flexibility index (Phi) is 1.53. The number of rotatable bonds is 1. The molecule has 0 saturated carbocycles. The van der Waals surface area contributed by atoms with Crippen LogP contribution in [0.4, 0.5) is 0 Å². The third-order valence-electron chi connectivity index (χ3n) is 2.12. The van der Waals surface area contributed by atoms with Crippen LogP contribution in [0.15, 0.2) is 24.3 Å². The average Bonchev–Trinajstić information content (AvgIpc) is 2.47. The zero-order valence-corrected chi connectivity index (χ0v) is 6.73. The third-order valence-corrected chi connectivity index (χ3v) is 2.12. The Morgan fingerprint density at radius 1 is 1.46 bits per heavy atom. The van der Waals surface area contributed by atoms with Gasteiger partial charge in [0, 0.05) is 5.56 Å². The van der Waals surface area contributed by atoms with E-state index in [2.05, 4.69) is 0 Å². The van der Waals surface area contributed by atoms with E-state index in [-0.39, 0.29) is 6.61 Å². The van der Waals surface area contributed by atoms with E-state index >= 15 is 0 Å². The van der Waals surface area contributed by atoms with Crippen LogP contribution in [0.2, 0.25) is 0 Å². The second kappa shape index (κ2) is 2.47. The molecule has 1 atom stereocenters. The van der Waals surface area contributed by atoms with Crippen molar-refractivity contribution < 1.29 is 19.7 Å². The second-order valence-corrected chi connectivity index (χ2v) is 2.95. The zero-order chi connectivity index (χ0) is 9.47. The minimum atomic E-state index is -1.88. The lowest BCUT2D eigenvalue weighted by Crippen LogP contribution is -2.36. The number of hydrogen-bond acceptors (Lipinski definition) is 3. The monoisotopic (exact) mass is 180 g/mol. The van der Waals surface area contributed by atoms with Gasteiger partial charge in [-0.25, -0.2) is 4.79 Å². The van der Waals surface area contributed by atoms with Gasteiger partial charge in [-0.2, -0.15) is 0 Å². The number of para-hydroxylation sites is 1. The van der Waals surface area contributed by atoms with E-state index in [1.165, 1.54) is 0 Å². The van der Waals surface area contributed by atoms with Gasteiger partial charge in [0.1, 0.15) is 12.4 Å². The van der Waals surface area contributed by atoms with E-state index in [4.69, 9.17) is 9.84 Å². The molecule has 0 bridgehead atoms. The first-order valence-corrected chi connectivity index (χ1v) is 3.83. The molecule has 0 fully saturated rings. The lowest BCUT2D eigenvalue weighted by Gasteiger charge is -2.14. The lowest BCUT2D eigenvalue weighted by molar-refractivity contribution is -0.160. The van der Waals surface area contributed by atoms with Crippen LogP contribution in [0.5, 0.6) is 5.75 Å². The molecule has 2 rings (SSSR count). The standard InChI is InChI=1S/C9H8O4/c10-8(11)9(12)5-13-7-4-2-1-3-6(7)9/h1-4,12H,5H2,(H,10,11). The fraction of sp³-hybridized carbons (Fsp3) is 0.222. The Morgan fingerprint density at radius 3 is 2.85 bits per heavy atom. The number of carboxylic acid groups (broad SMARTS) is 1. The van der Waals surface area contributed by atoms with Gasteiger partial charge in [0.15, 0.2) is 0 Å². The van der Waals surface area contributed by atoms with Gasteiger partial charge >= 0.3 is 5.97 Å². The predicted octanol–water partition coefficient (Wildman–Crippen LogP) is 0.351. The highest BCUT2D eigenvalue weighted by atomic mass is 16.5. The van der Waals surface area contributed by atoms with Gasteiger partial charge < -0.3 is 14.9 Å². The average molecular weight is 180 g/mol. The SMILES string of the molecule is O=C(O)C1(O)COc2ccccc21. The van der Waals surface area contributed by atoms with Gasteiger partial charge in [0.2, 0.25) is 5.60 Å². The Hall–Kier alpha value is -1.55. The van der Waals surface area contributed by atoms with Crippen LogP contribution in [0.1, 0.15) is 5.56 Å². The fourth-order valence-electron chi connectivity index (χ4n) is 1.37. The highest BCUT2D eigenvalue weighted by Crippen LogP contribution is 2.36. The number of carbonyl (C=O) groups is 1. The summed E-state index contributed by atoms with van der Waals surface area (Å²) in [4.78, 5) is 10.8. The Labute approximate surface area is 74.4 Å². The van der Waals surface area contributed by atoms with Crippen molar-refractivity contribution in [3.63, 3.8) is 0 Å². The van der Waals surface area contributed by atoms with E-state index in [1.54, 1.807) is 24.3 Å². The molecule has 0 saturated heterocycles. The first-order valence-electron chi connectivity index (χ1n) is 3.83. The van der Waals surface area contributed by atoms with Crippen molar-refractivity contribution in [2.75, 3.05) is 6.61 Å². The second-order valence-electron chi connectivity index (χ2n) is 2.95. The van der Waals surface area contributed by atoms with E-state index in [1.807, 2.05) is 0 Å². The lowest BCUT2D eigenvalue weighted by atomic mass is 9.97. The quantitative estimate of drug-likeness (QED) is 0.654. The summed E-state index contributed by atoms with van der Waals surface area (Å²) >= 11 is 0. The van der Waals surface area contributed by atoms with Crippen LogP contribution in [0.25, 0.3) is 0 Å². The predicted molar refractivity (Wildman–Crippen MR) is 43.5 cm³/mol. The van der Waals surface area contributed by atoms with Crippen molar-refractivity contribution >= 4 is 5.97 Å². The topological polar surface area (TPSA) is 66.8 Å². The van der Waals surface area contributed by atoms with Crippen LogP contribution in [-0.4, -0.2) is 22.8 Å². The Bertz CT molecular complexity index is 360. The van der Waals surface area contributed by atoms with Crippen molar-refractivity contribution in [2.24, 2.45) is 0 Å². The van der Waals surface area contributed by atoms with Crippen LogP contribution >= 0.6 is 0 Å². The molecule has 4 nitrogen and oxygen atoms in total. The molecular formula is C9H8O4. The molecule has 13 heavy (non-hydrogen) atoms. The highest BCUT2D eigenvalue weighted by Gasteiger charge is 2.45. The normalized spacial score (nSPS) is 25.0. The van der Waals surface area contributed by atoms with Crippen molar-refractivity contribution in [3.05, 3.63) is 29.8 Å². The molecule has 0 aliphatic carbocycles. The van der Waals surface area contributed by atoms with E-state index in [0.29, 0.717) is 11.3 Å². The number of aliphatic hydroxyl groups is 1. The van der Waals surface area contributed by atoms with Gasteiger partial charge in [-0.1, -0.05) is 18.2 Å². The summed E-state index contributed by atoms with van der Waals surface area (Å²) in [6, 6.07) is 6.58. The summed E-state index contributed by atoms with van der Waals surface area (Å²) in [5, 5.41) is 18.5. The van der Waals surface area contributed by atoms with Gasteiger partial charge in [0.25, 0.3) is 0 Å². The highest BCUT2D eigenvalue weighted by molar-refractivity contribution is 5.81.